The quantitative estimate of drug-likeness (QED) is 0.649. The summed E-state index contributed by atoms with van der Waals surface area (Å²) in [5.41, 5.74) is 2.12. The van der Waals surface area contributed by atoms with Gasteiger partial charge in [0.25, 0.3) is 5.22 Å². The van der Waals surface area contributed by atoms with Crippen molar-refractivity contribution >= 4 is 17.4 Å². The molecule has 0 saturated carbocycles. The number of oxazole rings is 1. The third-order valence-corrected chi connectivity index (χ3v) is 3.27. The largest absolute Gasteiger partial charge is 0.437 e. The van der Waals surface area contributed by atoms with E-state index in [4.69, 9.17) is 4.42 Å². The summed E-state index contributed by atoms with van der Waals surface area (Å²) in [6, 6.07) is 10.2. The van der Waals surface area contributed by atoms with Crippen molar-refractivity contribution in [2.75, 3.05) is 17.6 Å². The van der Waals surface area contributed by atoms with Crippen molar-refractivity contribution in [1.29, 1.82) is 0 Å². The van der Waals surface area contributed by atoms with E-state index in [2.05, 4.69) is 22.4 Å². The standard InChI is InChI=1S/C13H16N2OS/c1-10-11(2)16-13(15-10)17-9-8-14-12-6-4-3-5-7-12/h3-7,14H,8-9H2,1-2H3. The highest BCUT2D eigenvalue weighted by Crippen LogP contribution is 2.19. The van der Waals surface area contributed by atoms with E-state index in [9.17, 15) is 0 Å². The molecular formula is C13H16N2OS. The summed E-state index contributed by atoms with van der Waals surface area (Å²) in [4.78, 5) is 4.32. The van der Waals surface area contributed by atoms with Crippen LogP contribution in [0.4, 0.5) is 5.69 Å². The number of thioether (sulfide) groups is 1. The van der Waals surface area contributed by atoms with Crippen molar-refractivity contribution in [3.05, 3.63) is 41.8 Å². The molecule has 1 aromatic carbocycles. The number of anilines is 1. The van der Waals surface area contributed by atoms with Gasteiger partial charge in [-0.25, -0.2) is 4.98 Å². The van der Waals surface area contributed by atoms with Crippen LogP contribution in [0, 0.1) is 13.8 Å². The van der Waals surface area contributed by atoms with Crippen LogP contribution in [-0.2, 0) is 0 Å². The smallest absolute Gasteiger partial charge is 0.256 e. The van der Waals surface area contributed by atoms with Gasteiger partial charge in [-0.05, 0) is 26.0 Å². The Morgan fingerprint density at radius 1 is 1.24 bits per heavy atom. The minimum absolute atomic E-state index is 0.759. The second-order valence-corrected chi connectivity index (χ2v) is 4.81. The Morgan fingerprint density at radius 3 is 2.65 bits per heavy atom. The number of hydrogen-bond acceptors (Lipinski definition) is 4. The van der Waals surface area contributed by atoms with Gasteiger partial charge in [0.1, 0.15) is 5.76 Å². The van der Waals surface area contributed by atoms with Crippen molar-refractivity contribution in [3.63, 3.8) is 0 Å². The molecule has 0 aliphatic heterocycles. The Balaban J connectivity index is 1.73. The van der Waals surface area contributed by atoms with Crippen LogP contribution in [-0.4, -0.2) is 17.3 Å². The highest BCUT2D eigenvalue weighted by molar-refractivity contribution is 7.99. The van der Waals surface area contributed by atoms with Crippen molar-refractivity contribution in [2.45, 2.75) is 19.1 Å². The lowest BCUT2D eigenvalue weighted by Gasteiger charge is -2.03. The lowest BCUT2D eigenvalue weighted by molar-refractivity contribution is 0.431. The van der Waals surface area contributed by atoms with Gasteiger partial charge in [0.15, 0.2) is 0 Å². The van der Waals surface area contributed by atoms with Gasteiger partial charge in [0.05, 0.1) is 5.69 Å². The number of benzene rings is 1. The first-order valence-corrected chi connectivity index (χ1v) is 6.60. The maximum Gasteiger partial charge on any atom is 0.256 e. The number of nitrogens with one attached hydrogen (secondary N) is 1. The van der Waals surface area contributed by atoms with E-state index in [1.54, 1.807) is 11.8 Å². The molecule has 1 N–H and O–H groups in total. The summed E-state index contributed by atoms with van der Waals surface area (Å²) in [5, 5.41) is 4.11. The van der Waals surface area contributed by atoms with Crippen molar-refractivity contribution in [3.8, 4) is 0 Å². The molecule has 2 rings (SSSR count). The van der Waals surface area contributed by atoms with E-state index >= 15 is 0 Å². The van der Waals surface area contributed by atoms with Crippen LogP contribution in [0.2, 0.25) is 0 Å². The van der Waals surface area contributed by atoms with Crippen LogP contribution < -0.4 is 5.32 Å². The van der Waals surface area contributed by atoms with Gasteiger partial charge in [-0.1, -0.05) is 30.0 Å². The molecule has 0 saturated heterocycles. The lowest BCUT2D eigenvalue weighted by atomic mass is 10.3. The average molecular weight is 248 g/mol. The molecule has 0 amide bonds. The average Bonchev–Trinajstić information content (AvgIpc) is 2.66. The molecule has 17 heavy (non-hydrogen) atoms. The Labute approximate surface area is 106 Å². The summed E-state index contributed by atoms with van der Waals surface area (Å²) < 4.78 is 5.49. The summed E-state index contributed by atoms with van der Waals surface area (Å²) in [5.74, 6) is 1.84. The summed E-state index contributed by atoms with van der Waals surface area (Å²) in [7, 11) is 0. The zero-order chi connectivity index (χ0) is 12.1. The molecule has 1 heterocycles. The maximum absolute atomic E-state index is 5.49. The fourth-order valence-corrected chi connectivity index (χ4v) is 2.16. The molecule has 0 bridgehead atoms. The molecule has 0 aliphatic rings. The number of aromatic nitrogens is 1. The SMILES string of the molecule is Cc1nc(SCCNc2ccccc2)oc1C. The van der Waals surface area contributed by atoms with Crippen molar-refractivity contribution in [1.82, 2.24) is 4.98 Å². The number of hydrogen-bond donors (Lipinski definition) is 1. The Bertz CT molecular complexity index is 448. The lowest BCUT2D eigenvalue weighted by Crippen LogP contribution is -2.03. The maximum atomic E-state index is 5.49. The van der Waals surface area contributed by atoms with Gasteiger partial charge in [-0.15, -0.1) is 0 Å². The number of nitrogens with zero attached hydrogens (tertiary/aromatic N) is 1. The molecule has 2 aromatic rings. The second kappa shape index (κ2) is 5.77. The van der Waals surface area contributed by atoms with E-state index in [-0.39, 0.29) is 0 Å². The Kier molecular flexibility index (Phi) is 4.09. The molecule has 3 nitrogen and oxygen atoms in total. The monoisotopic (exact) mass is 248 g/mol. The van der Waals surface area contributed by atoms with E-state index in [0.29, 0.717) is 0 Å². The highest BCUT2D eigenvalue weighted by atomic mass is 32.2. The normalized spacial score (nSPS) is 10.5. The summed E-state index contributed by atoms with van der Waals surface area (Å²) in [6.45, 7) is 4.80. The number of para-hydroxylation sites is 1. The second-order valence-electron chi connectivity index (χ2n) is 3.76. The minimum Gasteiger partial charge on any atom is -0.437 e. The van der Waals surface area contributed by atoms with Crippen LogP contribution in [0.5, 0.6) is 0 Å². The molecule has 0 aliphatic carbocycles. The van der Waals surface area contributed by atoms with Gasteiger partial charge in [0, 0.05) is 18.0 Å². The third-order valence-electron chi connectivity index (χ3n) is 2.44. The molecule has 0 radical (unpaired) electrons. The van der Waals surface area contributed by atoms with Gasteiger partial charge in [0.2, 0.25) is 0 Å². The molecule has 0 fully saturated rings. The molecule has 0 spiro atoms. The van der Waals surface area contributed by atoms with Gasteiger partial charge < -0.3 is 9.73 Å². The molecule has 90 valence electrons. The minimum atomic E-state index is 0.759. The van der Waals surface area contributed by atoms with Crippen LogP contribution in [0.25, 0.3) is 0 Å². The van der Waals surface area contributed by atoms with Crippen molar-refractivity contribution < 1.29 is 4.42 Å². The molecule has 0 atom stereocenters. The van der Waals surface area contributed by atoms with Gasteiger partial charge >= 0.3 is 0 Å². The van der Waals surface area contributed by atoms with Gasteiger partial charge in [-0.3, -0.25) is 0 Å². The van der Waals surface area contributed by atoms with Gasteiger partial charge in [-0.2, -0.15) is 0 Å². The zero-order valence-electron chi connectivity index (χ0n) is 10.1. The predicted octanol–water partition coefficient (Wildman–Crippen LogP) is 3.50. The van der Waals surface area contributed by atoms with Crippen LogP contribution in [0.15, 0.2) is 40.0 Å². The first kappa shape index (κ1) is 12.0. The topological polar surface area (TPSA) is 38.1 Å². The molecule has 1 aromatic heterocycles. The Morgan fingerprint density at radius 2 is 2.00 bits per heavy atom. The molecule has 0 unspecified atom stereocenters. The first-order valence-electron chi connectivity index (χ1n) is 5.61. The van der Waals surface area contributed by atoms with E-state index in [1.807, 2.05) is 32.0 Å². The predicted molar refractivity (Wildman–Crippen MR) is 71.6 cm³/mol. The zero-order valence-corrected chi connectivity index (χ0v) is 10.9. The third kappa shape index (κ3) is 3.53. The summed E-state index contributed by atoms with van der Waals surface area (Å²) >= 11 is 1.63. The van der Waals surface area contributed by atoms with E-state index in [0.717, 1.165) is 34.7 Å². The number of rotatable bonds is 5. The number of aryl methyl sites for hydroxylation is 2. The van der Waals surface area contributed by atoms with Crippen LogP contribution in [0.3, 0.4) is 0 Å². The summed E-state index contributed by atoms with van der Waals surface area (Å²) in [6.07, 6.45) is 0. The van der Waals surface area contributed by atoms with Crippen LogP contribution >= 0.6 is 11.8 Å². The van der Waals surface area contributed by atoms with E-state index < -0.39 is 0 Å². The van der Waals surface area contributed by atoms with Crippen molar-refractivity contribution in [2.24, 2.45) is 0 Å². The highest BCUT2D eigenvalue weighted by Gasteiger charge is 2.05. The molecular weight excluding hydrogens is 232 g/mol. The first-order chi connectivity index (χ1) is 8.25. The van der Waals surface area contributed by atoms with Crippen LogP contribution in [0.1, 0.15) is 11.5 Å². The fraction of sp³-hybridized carbons (Fsp3) is 0.308. The van der Waals surface area contributed by atoms with E-state index in [1.165, 1.54) is 0 Å². The molecule has 4 heteroatoms. The Hall–Kier alpha value is -1.42. The fourth-order valence-electron chi connectivity index (χ4n) is 1.39.